The molecule has 2 aromatic rings. The van der Waals surface area contributed by atoms with Crippen LogP contribution in [-0.4, -0.2) is 22.9 Å². The third-order valence-electron chi connectivity index (χ3n) is 3.84. The van der Waals surface area contributed by atoms with E-state index in [9.17, 15) is 4.79 Å². The molecule has 0 bridgehead atoms. The number of halogens is 1. The summed E-state index contributed by atoms with van der Waals surface area (Å²) in [6.07, 6.45) is 0.955. The summed E-state index contributed by atoms with van der Waals surface area (Å²) in [5.74, 6) is 0. The van der Waals surface area contributed by atoms with E-state index in [-0.39, 0.29) is 5.25 Å². The van der Waals surface area contributed by atoms with E-state index in [0.717, 1.165) is 40.5 Å². The molecule has 3 rings (SSSR count). The van der Waals surface area contributed by atoms with Crippen molar-refractivity contribution in [1.29, 1.82) is 0 Å². The molecule has 3 nitrogen and oxygen atoms in total. The lowest BCUT2D eigenvalue weighted by molar-refractivity contribution is -0.107. The highest BCUT2D eigenvalue weighted by Crippen LogP contribution is 2.40. The van der Waals surface area contributed by atoms with Crippen LogP contribution in [-0.2, 0) is 4.79 Å². The first-order chi connectivity index (χ1) is 11.6. The molecule has 2 aromatic carbocycles. The molecule has 0 amide bonds. The Labute approximate surface area is 151 Å². The Morgan fingerprint density at radius 1 is 1.29 bits per heavy atom. The molecule has 24 heavy (non-hydrogen) atoms. The van der Waals surface area contributed by atoms with Crippen molar-refractivity contribution < 1.29 is 4.79 Å². The van der Waals surface area contributed by atoms with Crippen LogP contribution in [0.1, 0.15) is 23.3 Å². The lowest BCUT2D eigenvalue weighted by Crippen LogP contribution is -2.29. The van der Waals surface area contributed by atoms with Gasteiger partial charge in [-0.15, -0.1) is 0 Å². The van der Waals surface area contributed by atoms with Crippen molar-refractivity contribution in [3.8, 4) is 0 Å². The van der Waals surface area contributed by atoms with Crippen LogP contribution >= 0.6 is 23.4 Å². The Morgan fingerprint density at radius 2 is 2.04 bits per heavy atom. The van der Waals surface area contributed by atoms with Crippen LogP contribution in [0.5, 0.6) is 0 Å². The van der Waals surface area contributed by atoms with Crippen LogP contribution in [0.15, 0.2) is 60.1 Å². The van der Waals surface area contributed by atoms with Crippen LogP contribution in [0, 0.1) is 0 Å². The summed E-state index contributed by atoms with van der Waals surface area (Å²) >= 11 is 7.53. The lowest BCUT2D eigenvalue weighted by Gasteiger charge is -2.31. The molecule has 0 saturated heterocycles. The van der Waals surface area contributed by atoms with Gasteiger partial charge in [0.05, 0.1) is 10.9 Å². The second-order valence-corrected chi connectivity index (χ2v) is 6.88. The first kappa shape index (κ1) is 16.8. The molecule has 0 spiro atoms. The smallest absolute Gasteiger partial charge is 0.169 e. The Balaban J connectivity index is 1.97. The minimum Gasteiger partial charge on any atom is -0.321 e. The molecular formula is C19H17ClN2OS. The quantitative estimate of drug-likeness (QED) is 0.696. The molecule has 0 aliphatic carbocycles. The van der Waals surface area contributed by atoms with Gasteiger partial charge in [0.2, 0.25) is 0 Å². The summed E-state index contributed by atoms with van der Waals surface area (Å²) in [4.78, 5) is 18.4. The number of carbonyl (C=O) groups is 1. The summed E-state index contributed by atoms with van der Waals surface area (Å²) in [5.41, 5.74) is 3.57. The second kappa shape index (κ2) is 7.24. The van der Waals surface area contributed by atoms with Gasteiger partial charge >= 0.3 is 0 Å². The Morgan fingerprint density at radius 3 is 2.71 bits per heavy atom. The number of thioether (sulfide) groups is 1. The van der Waals surface area contributed by atoms with Crippen LogP contribution < -0.4 is 0 Å². The van der Waals surface area contributed by atoms with E-state index in [1.807, 2.05) is 60.4 Å². The van der Waals surface area contributed by atoms with Crippen molar-refractivity contribution in [2.24, 2.45) is 4.99 Å². The van der Waals surface area contributed by atoms with Crippen molar-refractivity contribution in [1.82, 2.24) is 4.90 Å². The zero-order valence-electron chi connectivity index (χ0n) is 13.3. The zero-order chi connectivity index (χ0) is 17.1. The average Bonchev–Trinajstić information content (AvgIpc) is 2.61. The monoisotopic (exact) mass is 356 g/mol. The average molecular weight is 357 g/mol. The highest BCUT2D eigenvalue weighted by molar-refractivity contribution is 8.14. The number of aldehydes is 1. The SMILES string of the molecule is C=C1c2cc(Cl)ccc2N=C(SC(C=O)c2ccccc2)N1CC. The maximum atomic E-state index is 11.6. The summed E-state index contributed by atoms with van der Waals surface area (Å²) in [6.45, 7) is 6.95. The minimum atomic E-state index is -0.305. The summed E-state index contributed by atoms with van der Waals surface area (Å²) in [5, 5.41) is 1.13. The highest BCUT2D eigenvalue weighted by atomic mass is 35.5. The number of nitrogens with zero attached hydrogens (tertiary/aromatic N) is 2. The zero-order valence-corrected chi connectivity index (χ0v) is 14.8. The Kier molecular flexibility index (Phi) is 5.07. The Bertz CT molecular complexity index is 804. The standard InChI is InChI=1S/C19H17ClN2OS/c1-3-22-13(2)16-11-15(20)9-10-17(16)21-19(22)24-18(12-23)14-7-5-4-6-8-14/h4-12,18H,2-3H2,1H3. The van der Waals surface area contributed by atoms with Crippen LogP contribution in [0.3, 0.4) is 0 Å². The number of hydrogen-bond donors (Lipinski definition) is 0. The fourth-order valence-electron chi connectivity index (χ4n) is 2.61. The minimum absolute atomic E-state index is 0.305. The third kappa shape index (κ3) is 3.25. The van der Waals surface area contributed by atoms with Crippen LogP contribution in [0.2, 0.25) is 5.02 Å². The largest absolute Gasteiger partial charge is 0.321 e. The molecule has 5 heteroatoms. The molecule has 0 saturated carbocycles. The van der Waals surface area contributed by atoms with E-state index >= 15 is 0 Å². The maximum absolute atomic E-state index is 11.6. The van der Waals surface area contributed by atoms with Gasteiger partial charge in [0, 0.05) is 22.8 Å². The second-order valence-electron chi connectivity index (χ2n) is 5.33. The van der Waals surface area contributed by atoms with Gasteiger partial charge in [-0.25, -0.2) is 4.99 Å². The maximum Gasteiger partial charge on any atom is 0.169 e. The normalized spacial score (nSPS) is 14.8. The van der Waals surface area contributed by atoms with E-state index in [4.69, 9.17) is 16.6 Å². The van der Waals surface area contributed by atoms with Gasteiger partial charge in [-0.3, -0.25) is 0 Å². The number of carbonyl (C=O) groups excluding carboxylic acids is 1. The number of fused-ring (bicyclic) bond motifs is 1. The molecule has 122 valence electrons. The molecule has 0 fully saturated rings. The van der Waals surface area contributed by atoms with E-state index in [1.54, 1.807) is 0 Å². The van der Waals surface area contributed by atoms with Gasteiger partial charge in [0.1, 0.15) is 6.29 Å². The van der Waals surface area contributed by atoms with Gasteiger partial charge < -0.3 is 9.69 Å². The Hall–Kier alpha value is -2.04. The number of aliphatic imine (C=N–C) groups is 1. The van der Waals surface area contributed by atoms with Crippen molar-refractivity contribution in [3.63, 3.8) is 0 Å². The summed E-state index contributed by atoms with van der Waals surface area (Å²) in [7, 11) is 0. The fraction of sp³-hybridized carbons (Fsp3) is 0.158. The van der Waals surface area contributed by atoms with Crippen LogP contribution in [0.4, 0.5) is 5.69 Å². The summed E-state index contributed by atoms with van der Waals surface area (Å²) in [6, 6.07) is 15.3. The molecule has 1 unspecified atom stereocenters. The highest BCUT2D eigenvalue weighted by Gasteiger charge is 2.26. The number of amidine groups is 1. The lowest BCUT2D eigenvalue weighted by atomic mass is 10.1. The fourth-order valence-corrected chi connectivity index (χ4v) is 3.87. The van der Waals surface area contributed by atoms with Gasteiger partial charge in [-0.2, -0.15) is 0 Å². The molecule has 0 N–H and O–H groups in total. The van der Waals surface area contributed by atoms with E-state index < -0.39 is 0 Å². The molecule has 1 aliphatic rings. The number of benzene rings is 2. The van der Waals surface area contributed by atoms with Gasteiger partial charge in [0.25, 0.3) is 0 Å². The number of rotatable bonds is 4. The van der Waals surface area contributed by atoms with Crippen molar-refractivity contribution in [2.75, 3.05) is 6.54 Å². The van der Waals surface area contributed by atoms with Crippen LogP contribution in [0.25, 0.3) is 5.70 Å². The predicted molar refractivity (Wildman–Crippen MR) is 103 cm³/mol. The van der Waals surface area contributed by atoms with Gasteiger partial charge in [-0.05, 0) is 30.7 Å². The molecule has 1 heterocycles. The summed E-state index contributed by atoms with van der Waals surface area (Å²) < 4.78 is 0. The molecular weight excluding hydrogens is 340 g/mol. The van der Waals surface area contributed by atoms with Gasteiger partial charge in [-0.1, -0.05) is 60.3 Å². The van der Waals surface area contributed by atoms with Crippen molar-refractivity contribution in [3.05, 3.63) is 71.3 Å². The van der Waals surface area contributed by atoms with Gasteiger partial charge in [0.15, 0.2) is 5.17 Å². The van der Waals surface area contributed by atoms with Crippen molar-refractivity contribution >= 4 is 46.2 Å². The van der Waals surface area contributed by atoms with E-state index in [0.29, 0.717) is 5.02 Å². The molecule has 0 radical (unpaired) electrons. The van der Waals surface area contributed by atoms with E-state index in [2.05, 4.69) is 6.58 Å². The van der Waals surface area contributed by atoms with E-state index in [1.165, 1.54) is 11.8 Å². The first-order valence-corrected chi connectivity index (χ1v) is 8.91. The topological polar surface area (TPSA) is 32.7 Å². The predicted octanol–water partition coefficient (Wildman–Crippen LogP) is 5.31. The molecule has 0 aromatic heterocycles. The molecule has 1 aliphatic heterocycles. The first-order valence-electron chi connectivity index (χ1n) is 7.66. The van der Waals surface area contributed by atoms with Crippen molar-refractivity contribution in [2.45, 2.75) is 12.2 Å². The third-order valence-corrected chi connectivity index (χ3v) is 5.24. The number of hydrogen-bond acceptors (Lipinski definition) is 4. The molecule has 1 atom stereocenters.